The lowest BCUT2D eigenvalue weighted by Gasteiger charge is -2.25. The van der Waals surface area contributed by atoms with E-state index < -0.39 is 0 Å². The third-order valence-corrected chi connectivity index (χ3v) is 4.79. The number of unbranched alkanes of at least 4 members (excludes halogenated alkanes) is 1. The van der Waals surface area contributed by atoms with Crippen molar-refractivity contribution in [2.24, 2.45) is 16.6 Å². The van der Waals surface area contributed by atoms with Gasteiger partial charge in [-0.15, -0.1) is 10.1 Å². The van der Waals surface area contributed by atoms with Gasteiger partial charge < -0.3 is 10.6 Å². The fraction of sp³-hybridized carbons (Fsp3) is 0.304. The Morgan fingerprint density at radius 3 is 2.81 bits per heavy atom. The van der Waals surface area contributed by atoms with Gasteiger partial charge in [0.25, 0.3) is 0 Å². The molecule has 2 heterocycles. The van der Waals surface area contributed by atoms with Gasteiger partial charge in [0.15, 0.2) is 0 Å². The van der Waals surface area contributed by atoms with Gasteiger partial charge in [-0.2, -0.15) is 5.26 Å². The minimum atomic E-state index is 0.186. The molecule has 0 radical (unpaired) electrons. The summed E-state index contributed by atoms with van der Waals surface area (Å²) >= 11 is 0. The summed E-state index contributed by atoms with van der Waals surface area (Å²) in [5, 5.41) is 22.9. The highest BCUT2D eigenvalue weighted by atomic mass is 15.5. The quantitative estimate of drug-likeness (QED) is 0.231. The van der Waals surface area contributed by atoms with E-state index in [1.54, 1.807) is 12.4 Å². The molecule has 0 aliphatic heterocycles. The Balaban J connectivity index is 1.91. The summed E-state index contributed by atoms with van der Waals surface area (Å²) in [6, 6.07) is 12.1. The lowest BCUT2D eigenvalue weighted by atomic mass is 9.96. The van der Waals surface area contributed by atoms with Gasteiger partial charge in [-0.1, -0.05) is 38.1 Å². The predicted octanol–water partition coefficient (Wildman–Crippen LogP) is 3.31. The number of pyridine rings is 1. The first-order chi connectivity index (χ1) is 15.6. The van der Waals surface area contributed by atoms with Crippen molar-refractivity contribution in [2.75, 3.05) is 11.4 Å². The molecule has 0 unspecified atom stereocenters. The number of hydrogen-bond donors (Lipinski definition) is 2. The number of nitrogens with two attached hydrogens (primary N) is 1. The van der Waals surface area contributed by atoms with Gasteiger partial charge in [-0.3, -0.25) is 4.98 Å². The number of guanidine groups is 1. The molecule has 0 aliphatic carbocycles. The molecule has 9 heteroatoms. The number of aliphatic imine (C=N–C) groups is 1. The molecule has 0 amide bonds. The summed E-state index contributed by atoms with van der Waals surface area (Å²) in [6.45, 7) is 4.85. The normalized spacial score (nSPS) is 12.1. The van der Waals surface area contributed by atoms with Crippen LogP contribution in [0.1, 0.15) is 43.6 Å². The molecular weight excluding hydrogens is 402 g/mol. The van der Waals surface area contributed by atoms with Crippen molar-refractivity contribution in [3.8, 4) is 6.19 Å². The number of hydrogen-bond acceptors (Lipinski definition) is 6. The van der Waals surface area contributed by atoms with Gasteiger partial charge in [0, 0.05) is 36.6 Å². The van der Waals surface area contributed by atoms with Crippen LogP contribution in [0.4, 0.5) is 5.69 Å². The Morgan fingerprint density at radius 1 is 1.28 bits per heavy atom. The number of nitrogens with one attached hydrogen (secondary N) is 1. The molecule has 3 aromatic rings. The van der Waals surface area contributed by atoms with Crippen molar-refractivity contribution in [1.82, 2.24) is 25.6 Å². The minimum Gasteiger partial charge on any atom is -0.369 e. The van der Waals surface area contributed by atoms with Crippen LogP contribution in [0.25, 0.3) is 5.57 Å². The lowest BCUT2D eigenvalue weighted by Crippen LogP contribution is -2.39. The number of aromatic nitrogens is 5. The summed E-state index contributed by atoms with van der Waals surface area (Å²) in [5.74, 6) is 1.30. The van der Waals surface area contributed by atoms with Gasteiger partial charge in [-0.25, -0.2) is 5.10 Å². The van der Waals surface area contributed by atoms with Crippen molar-refractivity contribution in [3.63, 3.8) is 0 Å². The second kappa shape index (κ2) is 11.4. The van der Waals surface area contributed by atoms with Crippen molar-refractivity contribution in [3.05, 3.63) is 71.8 Å². The van der Waals surface area contributed by atoms with Crippen molar-refractivity contribution >= 4 is 17.2 Å². The van der Waals surface area contributed by atoms with Crippen LogP contribution in [0.5, 0.6) is 0 Å². The zero-order valence-corrected chi connectivity index (χ0v) is 18.3. The van der Waals surface area contributed by atoms with Crippen LogP contribution in [0, 0.1) is 17.4 Å². The van der Waals surface area contributed by atoms with Crippen LogP contribution >= 0.6 is 0 Å². The fourth-order valence-electron chi connectivity index (χ4n) is 3.37. The van der Waals surface area contributed by atoms with E-state index in [9.17, 15) is 0 Å². The molecule has 3 N–H and O–H groups in total. The molecule has 0 spiro atoms. The number of H-pyrrole nitrogens is 1. The topological polar surface area (TPSA) is 133 Å². The molecule has 0 saturated heterocycles. The molecule has 164 valence electrons. The summed E-state index contributed by atoms with van der Waals surface area (Å²) in [7, 11) is 0. The molecule has 9 nitrogen and oxygen atoms in total. The van der Waals surface area contributed by atoms with E-state index in [-0.39, 0.29) is 5.96 Å². The number of anilines is 1. The van der Waals surface area contributed by atoms with E-state index in [4.69, 9.17) is 11.0 Å². The number of aromatic amines is 1. The highest BCUT2D eigenvalue weighted by Crippen LogP contribution is 2.28. The molecule has 0 fully saturated rings. The number of allylic oxidation sites excluding steroid dienone is 1. The van der Waals surface area contributed by atoms with E-state index in [1.165, 1.54) is 0 Å². The third kappa shape index (κ3) is 6.22. The van der Waals surface area contributed by atoms with E-state index in [0.717, 1.165) is 47.5 Å². The Labute approximate surface area is 187 Å². The molecule has 0 bridgehead atoms. The first kappa shape index (κ1) is 22.6. The van der Waals surface area contributed by atoms with Gasteiger partial charge in [0.2, 0.25) is 12.2 Å². The average Bonchev–Trinajstić information content (AvgIpc) is 3.32. The zero-order chi connectivity index (χ0) is 22.8. The zero-order valence-electron chi connectivity index (χ0n) is 18.3. The molecule has 0 saturated carbocycles. The van der Waals surface area contributed by atoms with Gasteiger partial charge in [-0.05, 0) is 58.5 Å². The van der Waals surface area contributed by atoms with Crippen LogP contribution in [-0.2, 0) is 6.42 Å². The highest BCUT2D eigenvalue weighted by Gasteiger charge is 2.15. The Morgan fingerprint density at radius 2 is 2.12 bits per heavy atom. The van der Waals surface area contributed by atoms with E-state index in [2.05, 4.69) is 62.7 Å². The highest BCUT2D eigenvalue weighted by molar-refractivity contribution is 5.96. The van der Waals surface area contributed by atoms with Gasteiger partial charge in [0.05, 0.1) is 0 Å². The first-order valence-corrected chi connectivity index (χ1v) is 10.5. The number of nitriles is 1. The second-order valence-electron chi connectivity index (χ2n) is 7.72. The predicted molar refractivity (Wildman–Crippen MR) is 124 cm³/mol. The van der Waals surface area contributed by atoms with Crippen LogP contribution in [0.2, 0.25) is 0 Å². The van der Waals surface area contributed by atoms with Crippen LogP contribution in [0.15, 0.2) is 59.9 Å². The minimum absolute atomic E-state index is 0.186. The largest absolute Gasteiger partial charge is 0.369 e. The maximum absolute atomic E-state index is 8.97. The molecule has 0 aliphatic rings. The molecule has 0 atom stereocenters. The molecular formula is C23H27N9. The van der Waals surface area contributed by atoms with E-state index in [0.29, 0.717) is 12.5 Å². The molecule has 2 aromatic heterocycles. The maximum atomic E-state index is 8.97. The second-order valence-corrected chi connectivity index (χ2v) is 7.72. The number of benzene rings is 1. The monoisotopic (exact) mass is 429 g/mol. The average molecular weight is 430 g/mol. The summed E-state index contributed by atoms with van der Waals surface area (Å²) in [4.78, 5) is 9.92. The molecule has 32 heavy (non-hydrogen) atoms. The van der Waals surface area contributed by atoms with E-state index in [1.807, 2.05) is 35.4 Å². The standard InChI is InChI=1S/C23H27N9/c1-17(2)15-32(23(25)27-16-24)20-9-5-7-18(13-20)21(19-8-6-12-26-14-19)10-3-4-11-22-28-30-31-29-22/h5-10,12-14,17H,3-4,11,15H2,1-2H3,(H2,25,27)(H,28,29,30,31). The Bertz CT molecular complexity index is 1080. The number of aryl methyl sites for hydroxylation is 1. The number of rotatable bonds is 9. The number of nitrogens with zero attached hydrogens (tertiary/aromatic N) is 7. The van der Waals surface area contributed by atoms with Crippen LogP contribution < -0.4 is 10.6 Å². The first-order valence-electron chi connectivity index (χ1n) is 10.5. The molecule has 1 aromatic carbocycles. The Kier molecular flexibility index (Phi) is 8.03. The van der Waals surface area contributed by atoms with Gasteiger partial charge in [0.1, 0.15) is 5.82 Å². The van der Waals surface area contributed by atoms with Crippen molar-refractivity contribution in [2.45, 2.75) is 33.1 Å². The van der Waals surface area contributed by atoms with Crippen molar-refractivity contribution < 1.29 is 0 Å². The third-order valence-electron chi connectivity index (χ3n) is 4.79. The molecule has 3 rings (SSSR count). The lowest BCUT2D eigenvalue weighted by molar-refractivity contribution is 0.656. The summed E-state index contributed by atoms with van der Waals surface area (Å²) in [5.41, 5.74) is 10.1. The summed E-state index contributed by atoms with van der Waals surface area (Å²) < 4.78 is 0. The smallest absolute Gasteiger partial charge is 0.211 e. The van der Waals surface area contributed by atoms with Crippen LogP contribution in [-0.4, -0.2) is 38.1 Å². The van der Waals surface area contributed by atoms with E-state index >= 15 is 0 Å². The SMILES string of the molecule is CC(C)CN(C(N)=NC#N)c1cccc(C(=CCCCc2nnn[nH]2)c2cccnc2)c1. The van der Waals surface area contributed by atoms with Crippen molar-refractivity contribution in [1.29, 1.82) is 5.26 Å². The number of tetrazole rings is 1. The van der Waals surface area contributed by atoms with Gasteiger partial charge >= 0.3 is 0 Å². The summed E-state index contributed by atoms with van der Waals surface area (Å²) in [6.07, 6.45) is 10.1. The maximum Gasteiger partial charge on any atom is 0.211 e. The van der Waals surface area contributed by atoms with Crippen LogP contribution in [0.3, 0.4) is 0 Å². The fourth-order valence-corrected chi connectivity index (χ4v) is 3.37. The Hall–Kier alpha value is -4.06.